The third kappa shape index (κ3) is 7.38. The molecule has 208 valence electrons. The summed E-state index contributed by atoms with van der Waals surface area (Å²) in [6.45, 7) is 5.67. The van der Waals surface area contributed by atoms with E-state index in [2.05, 4.69) is 5.32 Å². The SMILES string of the molecule is CCNC(=O)[C@@H](CC)N(CCc1ccccc1)C(=O)CN(c1cc(C)ccc1OC)S(=O)(=O)c1ccccc1. The molecule has 8 nitrogen and oxygen atoms in total. The molecule has 3 rings (SSSR count). The zero-order chi connectivity index (χ0) is 28.4. The van der Waals surface area contributed by atoms with E-state index in [1.54, 1.807) is 30.3 Å². The first-order chi connectivity index (χ1) is 18.7. The zero-order valence-electron chi connectivity index (χ0n) is 23.0. The van der Waals surface area contributed by atoms with Crippen molar-refractivity contribution in [2.24, 2.45) is 0 Å². The Morgan fingerprint density at radius 3 is 2.18 bits per heavy atom. The summed E-state index contributed by atoms with van der Waals surface area (Å²) in [6.07, 6.45) is 0.896. The fourth-order valence-corrected chi connectivity index (χ4v) is 5.85. The molecule has 2 amide bonds. The summed E-state index contributed by atoms with van der Waals surface area (Å²) in [5, 5.41) is 2.81. The molecule has 1 N–H and O–H groups in total. The highest BCUT2D eigenvalue weighted by molar-refractivity contribution is 7.92. The van der Waals surface area contributed by atoms with Gasteiger partial charge in [0.1, 0.15) is 18.3 Å². The topological polar surface area (TPSA) is 96.0 Å². The number of carbonyl (C=O) groups excluding carboxylic acids is 2. The molecule has 0 fully saturated rings. The van der Waals surface area contributed by atoms with Gasteiger partial charge in [-0.2, -0.15) is 0 Å². The van der Waals surface area contributed by atoms with Gasteiger partial charge in [0.2, 0.25) is 11.8 Å². The minimum atomic E-state index is -4.16. The molecule has 3 aromatic carbocycles. The summed E-state index contributed by atoms with van der Waals surface area (Å²) in [4.78, 5) is 28.6. The van der Waals surface area contributed by atoms with Gasteiger partial charge < -0.3 is 15.0 Å². The summed E-state index contributed by atoms with van der Waals surface area (Å²) in [6, 6.07) is 22.1. The number of methoxy groups -OCH3 is 1. The molecule has 0 aliphatic rings. The van der Waals surface area contributed by atoms with Gasteiger partial charge in [-0.1, -0.05) is 61.5 Å². The Balaban J connectivity index is 2.06. The maximum atomic E-state index is 14.0. The Hall–Kier alpha value is -3.85. The van der Waals surface area contributed by atoms with Crippen LogP contribution in [0.2, 0.25) is 0 Å². The van der Waals surface area contributed by atoms with Crippen LogP contribution in [0.5, 0.6) is 5.75 Å². The van der Waals surface area contributed by atoms with Crippen molar-refractivity contribution in [1.82, 2.24) is 10.2 Å². The van der Waals surface area contributed by atoms with E-state index in [1.165, 1.54) is 24.1 Å². The van der Waals surface area contributed by atoms with Crippen molar-refractivity contribution in [2.45, 2.75) is 44.6 Å². The van der Waals surface area contributed by atoms with E-state index in [4.69, 9.17) is 4.74 Å². The quantitative estimate of drug-likeness (QED) is 0.344. The summed E-state index contributed by atoms with van der Waals surface area (Å²) < 4.78 is 34.5. The van der Waals surface area contributed by atoms with Crippen molar-refractivity contribution in [1.29, 1.82) is 0 Å². The van der Waals surface area contributed by atoms with Gasteiger partial charge in [-0.25, -0.2) is 8.42 Å². The predicted octanol–water partition coefficient (Wildman–Crippen LogP) is 4.18. The van der Waals surface area contributed by atoms with E-state index in [9.17, 15) is 18.0 Å². The number of likely N-dealkylation sites (N-methyl/N-ethyl adjacent to an activating group) is 1. The summed E-state index contributed by atoms with van der Waals surface area (Å²) in [7, 11) is -2.70. The van der Waals surface area contributed by atoms with E-state index in [1.807, 2.05) is 57.2 Å². The summed E-state index contributed by atoms with van der Waals surface area (Å²) in [5.74, 6) is -0.432. The molecule has 3 aromatic rings. The average molecular weight is 552 g/mol. The molecule has 0 saturated heterocycles. The number of hydrogen-bond acceptors (Lipinski definition) is 5. The highest BCUT2D eigenvalue weighted by Crippen LogP contribution is 2.33. The van der Waals surface area contributed by atoms with Crippen LogP contribution in [0.4, 0.5) is 5.69 Å². The van der Waals surface area contributed by atoms with Crippen LogP contribution in [0.15, 0.2) is 83.8 Å². The Morgan fingerprint density at radius 1 is 0.949 bits per heavy atom. The van der Waals surface area contributed by atoms with Crippen molar-refractivity contribution in [3.8, 4) is 5.75 Å². The van der Waals surface area contributed by atoms with Crippen molar-refractivity contribution in [2.75, 3.05) is 31.0 Å². The lowest BCUT2D eigenvalue weighted by molar-refractivity contribution is -0.139. The molecule has 0 unspecified atom stereocenters. The number of amides is 2. The Kier molecular flexibility index (Phi) is 10.5. The Labute approximate surface area is 231 Å². The van der Waals surface area contributed by atoms with Gasteiger partial charge in [0.15, 0.2) is 0 Å². The van der Waals surface area contributed by atoms with Crippen LogP contribution < -0.4 is 14.4 Å². The largest absolute Gasteiger partial charge is 0.495 e. The monoisotopic (exact) mass is 551 g/mol. The van der Waals surface area contributed by atoms with Gasteiger partial charge in [-0.15, -0.1) is 0 Å². The van der Waals surface area contributed by atoms with Gasteiger partial charge in [-0.05, 0) is 62.1 Å². The van der Waals surface area contributed by atoms with E-state index in [0.717, 1.165) is 15.4 Å². The number of nitrogens with zero attached hydrogens (tertiary/aromatic N) is 2. The molecule has 0 saturated carbocycles. The summed E-state index contributed by atoms with van der Waals surface area (Å²) in [5.41, 5.74) is 2.07. The van der Waals surface area contributed by atoms with Gasteiger partial charge in [0, 0.05) is 13.1 Å². The maximum Gasteiger partial charge on any atom is 0.264 e. The number of sulfonamides is 1. The molecule has 0 aliphatic heterocycles. The van der Waals surface area contributed by atoms with Crippen molar-refractivity contribution in [3.63, 3.8) is 0 Å². The zero-order valence-corrected chi connectivity index (χ0v) is 23.8. The first-order valence-electron chi connectivity index (χ1n) is 13.1. The van der Waals surface area contributed by atoms with E-state index < -0.39 is 28.5 Å². The van der Waals surface area contributed by atoms with Crippen LogP contribution in [-0.4, -0.2) is 57.9 Å². The second-order valence-electron chi connectivity index (χ2n) is 9.14. The van der Waals surface area contributed by atoms with Gasteiger partial charge in [-0.3, -0.25) is 13.9 Å². The fourth-order valence-electron chi connectivity index (χ4n) is 4.42. The normalized spacial score (nSPS) is 11.9. The average Bonchev–Trinajstić information content (AvgIpc) is 2.94. The number of hydrogen-bond donors (Lipinski definition) is 1. The van der Waals surface area contributed by atoms with E-state index in [0.29, 0.717) is 25.1 Å². The maximum absolute atomic E-state index is 14.0. The first kappa shape index (κ1) is 29.7. The minimum absolute atomic E-state index is 0.0490. The highest BCUT2D eigenvalue weighted by Gasteiger charge is 2.34. The number of rotatable bonds is 13. The third-order valence-corrected chi connectivity index (χ3v) is 8.21. The number of carbonyl (C=O) groups is 2. The Morgan fingerprint density at radius 2 is 1.59 bits per heavy atom. The number of benzene rings is 3. The van der Waals surface area contributed by atoms with Crippen LogP contribution in [0.1, 0.15) is 31.4 Å². The van der Waals surface area contributed by atoms with Gasteiger partial charge in [0.05, 0.1) is 17.7 Å². The van der Waals surface area contributed by atoms with Crippen LogP contribution in [0.25, 0.3) is 0 Å². The third-order valence-electron chi connectivity index (χ3n) is 6.43. The lowest BCUT2D eigenvalue weighted by Crippen LogP contribution is -2.53. The molecule has 0 heterocycles. The molecular formula is C30H37N3O5S. The second-order valence-corrected chi connectivity index (χ2v) is 11.0. The molecule has 0 aromatic heterocycles. The lowest BCUT2D eigenvalue weighted by Gasteiger charge is -2.33. The number of nitrogens with one attached hydrogen (secondary N) is 1. The molecule has 1 atom stereocenters. The van der Waals surface area contributed by atoms with Crippen LogP contribution >= 0.6 is 0 Å². The van der Waals surface area contributed by atoms with Crippen molar-refractivity contribution >= 4 is 27.5 Å². The van der Waals surface area contributed by atoms with E-state index >= 15 is 0 Å². The molecule has 39 heavy (non-hydrogen) atoms. The smallest absolute Gasteiger partial charge is 0.264 e. The molecule has 0 spiro atoms. The molecule has 0 bridgehead atoms. The Bertz CT molecular complexity index is 1350. The molecule has 9 heteroatoms. The van der Waals surface area contributed by atoms with Crippen LogP contribution in [0, 0.1) is 6.92 Å². The van der Waals surface area contributed by atoms with Crippen LogP contribution in [-0.2, 0) is 26.0 Å². The molecular weight excluding hydrogens is 514 g/mol. The highest BCUT2D eigenvalue weighted by atomic mass is 32.2. The number of ether oxygens (including phenoxy) is 1. The fraction of sp³-hybridized carbons (Fsp3) is 0.333. The van der Waals surface area contributed by atoms with E-state index in [-0.39, 0.29) is 23.0 Å². The molecule has 0 radical (unpaired) electrons. The van der Waals surface area contributed by atoms with Crippen molar-refractivity contribution < 1.29 is 22.7 Å². The minimum Gasteiger partial charge on any atom is -0.495 e. The molecule has 0 aliphatic carbocycles. The number of anilines is 1. The number of aryl methyl sites for hydroxylation is 1. The summed E-state index contributed by atoms with van der Waals surface area (Å²) >= 11 is 0. The van der Waals surface area contributed by atoms with Gasteiger partial charge >= 0.3 is 0 Å². The second kappa shape index (κ2) is 13.8. The van der Waals surface area contributed by atoms with Crippen molar-refractivity contribution in [3.05, 3.63) is 90.0 Å². The lowest BCUT2D eigenvalue weighted by atomic mass is 10.1. The van der Waals surface area contributed by atoms with Gasteiger partial charge in [0.25, 0.3) is 10.0 Å². The predicted molar refractivity (Wildman–Crippen MR) is 153 cm³/mol. The first-order valence-corrected chi connectivity index (χ1v) is 14.5. The van der Waals surface area contributed by atoms with Crippen LogP contribution in [0.3, 0.4) is 0 Å². The standard InChI is InChI=1S/C30H37N3O5S/c1-5-26(30(35)31-6-2)32(20-19-24-13-9-7-10-14-24)29(34)22-33(27-21-23(3)17-18-28(27)38-4)39(36,37)25-15-11-8-12-16-25/h7-18,21,26H,5-6,19-20,22H2,1-4H3,(H,31,35)/t26-/m1/s1.